The first-order chi connectivity index (χ1) is 6.68. The lowest BCUT2D eigenvalue weighted by Crippen LogP contribution is -2.38. The van der Waals surface area contributed by atoms with Gasteiger partial charge in [0, 0.05) is 10.4 Å². The molecule has 1 aromatic rings. The molecule has 0 amide bonds. The van der Waals surface area contributed by atoms with Gasteiger partial charge >= 0.3 is 0 Å². The van der Waals surface area contributed by atoms with Crippen LogP contribution < -0.4 is 0 Å². The Morgan fingerprint density at radius 1 is 1.43 bits per heavy atom. The van der Waals surface area contributed by atoms with Crippen LogP contribution in [0.3, 0.4) is 0 Å². The van der Waals surface area contributed by atoms with Gasteiger partial charge in [-0.15, -0.1) is 0 Å². The lowest BCUT2D eigenvalue weighted by atomic mass is 9.65. The maximum atomic E-state index is 9.43. The molecule has 1 aliphatic rings. The van der Waals surface area contributed by atoms with Crippen molar-refractivity contribution in [1.29, 1.82) is 0 Å². The van der Waals surface area contributed by atoms with E-state index < -0.39 is 0 Å². The summed E-state index contributed by atoms with van der Waals surface area (Å²) >= 11 is 6.19. The summed E-state index contributed by atoms with van der Waals surface area (Å²) in [6.07, 6.45) is 3.32. The fourth-order valence-corrected chi connectivity index (χ4v) is 2.60. The third kappa shape index (κ3) is 1.45. The minimum Gasteiger partial charge on any atom is -0.395 e. The van der Waals surface area contributed by atoms with E-state index >= 15 is 0 Å². The number of aryl methyl sites for hydroxylation is 1. The molecule has 0 aliphatic heterocycles. The van der Waals surface area contributed by atoms with Gasteiger partial charge < -0.3 is 5.11 Å². The van der Waals surface area contributed by atoms with Crippen LogP contribution in [0.15, 0.2) is 18.2 Å². The topological polar surface area (TPSA) is 20.2 Å². The van der Waals surface area contributed by atoms with Gasteiger partial charge in [-0.05, 0) is 37.0 Å². The van der Waals surface area contributed by atoms with Crippen molar-refractivity contribution in [3.05, 3.63) is 34.3 Å². The normalized spacial score (nSPS) is 19.1. The van der Waals surface area contributed by atoms with Crippen LogP contribution in [0.1, 0.15) is 30.4 Å². The highest BCUT2D eigenvalue weighted by atomic mass is 35.5. The minimum absolute atomic E-state index is 0.0369. The number of aliphatic hydroxyl groups excluding tert-OH is 1. The number of benzene rings is 1. The Morgan fingerprint density at radius 2 is 2.14 bits per heavy atom. The maximum absolute atomic E-state index is 9.43. The van der Waals surface area contributed by atoms with Crippen LogP contribution in [0.5, 0.6) is 0 Å². The Hall–Kier alpha value is -0.530. The van der Waals surface area contributed by atoms with E-state index in [2.05, 4.69) is 12.1 Å². The van der Waals surface area contributed by atoms with E-state index in [0.717, 1.165) is 23.4 Å². The lowest BCUT2D eigenvalue weighted by molar-refractivity contribution is 0.120. The van der Waals surface area contributed by atoms with Crippen molar-refractivity contribution in [1.82, 2.24) is 0 Å². The molecule has 0 saturated heterocycles. The lowest BCUT2D eigenvalue weighted by Gasteiger charge is -2.41. The van der Waals surface area contributed by atoms with Crippen molar-refractivity contribution in [2.75, 3.05) is 6.61 Å². The van der Waals surface area contributed by atoms with Gasteiger partial charge in [-0.3, -0.25) is 0 Å². The van der Waals surface area contributed by atoms with E-state index in [1.807, 2.05) is 13.0 Å². The van der Waals surface area contributed by atoms with Crippen LogP contribution in [-0.2, 0) is 5.41 Å². The van der Waals surface area contributed by atoms with Crippen LogP contribution in [-0.4, -0.2) is 11.7 Å². The average molecular weight is 211 g/mol. The summed E-state index contributed by atoms with van der Waals surface area (Å²) in [7, 11) is 0. The fraction of sp³-hybridized carbons (Fsp3) is 0.500. The number of hydrogen-bond donors (Lipinski definition) is 1. The Morgan fingerprint density at radius 3 is 2.57 bits per heavy atom. The summed E-state index contributed by atoms with van der Waals surface area (Å²) in [5, 5.41) is 10.2. The Labute approximate surface area is 89.7 Å². The molecule has 2 heteroatoms. The van der Waals surface area contributed by atoms with Crippen molar-refractivity contribution < 1.29 is 5.11 Å². The van der Waals surface area contributed by atoms with Crippen LogP contribution in [0.4, 0.5) is 0 Å². The van der Waals surface area contributed by atoms with Gasteiger partial charge in [-0.1, -0.05) is 30.2 Å². The molecule has 0 atom stereocenters. The molecule has 1 N–H and O–H groups in total. The molecule has 0 spiro atoms. The molecule has 2 rings (SSSR count). The first kappa shape index (κ1) is 10.0. The highest BCUT2D eigenvalue weighted by Gasteiger charge is 2.39. The van der Waals surface area contributed by atoms with Crippen molar-refractivity contribution in [2.24, 2.45) is 0 Å². The van der Waals surface area contributed by atoms with Crippen LogP contribution in [0, 0.1) is 6.92 Å². The van der Waals surface area contributed by atoms with E-state index in [0.29, 0.717) is 0 Å². The highest BCUT2D eigenvalue weighted by molar-refractivity contribution is 6.31. The van der Waals surface area contributed by atoms with E-state index in [4.69, 9.17) is 11.6 Å². The van der Waals surface area contributed by atoms with Crippen LogP contribution in [0.2, 0.25) is 5.02 Å². The summed E-state index contributed by atoms with van der Waals surface area (Å²) in [5.41, 5.74) is 2.26. The van der Waals surface area contributed by atoms with E-state index in [-0.39, 0.29) is 12.0 Å². The summed E-state index contributed by atoms with van der Waals surface area (Å²) in [6, 6.07) is 6.11. The zero-order valence-corrected chi connectivity index (χ0v) is 9.14. The van der Waals surface area contributed by atoms with E-state index in [1.54, 1.807) is 0 Å². The van der Waals surface area contributed by atoms with E-state index in [1.165, 1.54) is 12.0 Å². The summed E-state index contributed by atoms with van der Waals surface area (Å²) < 4.78 is 0. The molecule has 1 aromatic carbocycles. The number of aliphatic hydroxyl groups is 1. The molecular weight excluding hydrogens is 196 g/mol. The Balaban J connectivity index is 2.40. The summed E-state index contributed by atoms with van der Waals surface area (Å²) in [6.45, 7) is 2.25. The molecule has 0 radical (unpaired) electrons. The van der Waals surface area contributed by atoms with Gasteiger partial charge in [0.2, 0.25) is 0 Å². The average Bonchev–Trinajstić information content (AvgIpc) is 2.07. The maximum Gasteiger partial charge on any atom is 0.0528 e. The van der Waals surface area contributed by atoms with Crippen molar-refractivity contribution in [3.63, 3.8) is 0 Å². The molecule has 1 aliphatic carbocycles. The van der Waals surface area contributed by atoms with Gasteiger partial charge in [-0.2, -0.15) is 0 Å². The predicted octanol–water partition coefficient (Wildman–Crippen LogP) is 3.06. The molecule has 1 nitrogen and oxygen atoms in total. The smallest absolute Gasteiger partial charge is 0.0528 e. The SMILES string of the molecule is Cc1ccc(C2(CO)CCC2)c(Cl)c1. The third-order valence-electron chi connectivity index (χ3n) is 3.31. The monoisotopic (exact) mass is 210 g/mol. The zero-order valence-electron chi connectivity index (χ0n) is 8.39. The van der Waals surface area contributed by atoms with Crippen molar-refractivity contribution in [3.8, 4) is 0 Å². The second-order valence-corrected chi connectivity index (χ2v) is 4.68. The zero-order chi connectivity index (χ0) is 10.2. The number of halogens is 1. The minimum atomic E-state index is -0.0369. The summed E-state index contributed by atoms with van der Waals surface area (Å²) in [4.78, 5) is 0. The van der Waals surface area contributed by atoms with Crippen molar-refractivity contribution >= 4 is 11.6 Å². The van der Waals surface area contributed by atoms with Gasteiger partial charge in [0.15, 0.2) is 0 Å². The van der Waals surface area contributed by atoms with Crippen LogP contribution in [0.25, 0.3) is 0 Å². The van der Waals surface area contributed by atoms with Gasteiger partial charge in [0.05, 0.1) is 6.61 Å². The molecule has 0 bridgehead atoms. The molecule has 0 unspecified atom stereocenters. The second kappa shape index (κ2) is 3.56. The molecule has 1 fully saturated rings. The number of rotatable bonds is 2. The fourth-order valence-electron chi connectivity index (χ4n) is 2.17. The van der Waals surface area contributed by atoms with Crippen LogP contribution >= 0.6 is 11.6 Å². The molecule has 14 heavy (non-hydrogen) atoms. The third-order valence-corrected chi connectivity index (χ3v) is 3.62. The Kier molecular flexibility index (Phi) is 2.54. The first-order valence-corrected chi connectivity index (χ1v) is 5.43. The van der Waals surface area contributed by atoms with Crippen molar-refractivity contribution in [2.45, 2.75) is 31.6 Å². The molecule has 0 heterocycles. The Bertz CT molecular complexity index is 337. The second-order valence-electron chi connectivity index (χ2n) is 4.28. The standard InChI is InChI=1S/C12H15ClO/c1-9-3-4-10(11(13)7-9)12(8-14)5-2-6-12/h3-4,7,14H,2,5-6,8H2,1H3. The van der Waals surface area contributed by atoms with Gasteiger partial charge in [0.25, 0.3) is 0 Å². The quantitative estimate of drug-likeness (QED) is 0.796. The van der Waals surface area contributed by atoms with Gasteiger partial charge in [-0.25, -0.2) is 0 Å². The molecule has 1 saturated carbocycles. The molecular formula is C12H15ClO. The largest absolute Gasteiger partial charge is 0.395 e. The molecule has 0 aromatic heterocycles. The number of hydrogen-bond acceptors (Lipinski definition) is 1. The first-order valence-electron chi connectivity index (χ1n) is 5.05. The summed E-state index contributed by atoms with van der Waals surface area (Å²) in [5.74, 6) is 0. The van der Waals surface area contributed by atoms with Gasteiger partial charge in [0.1, 0.15) is 0 Å². The predicted molar refractivity (Wildman–Crippen MR) is 58.8 cm³/mol. The molecule has 76 valence electrons. The highest BCUT2D eigenvalue weighted by Crippen LogP contribution is 2.45. The van der Waals surface area contributed by atoms with E-state index in [9.17, 15) is 5.11 Å².